The van der Waals surface area contributed by atoms with Gasteiger partial charge in [0.2, 0.25) is 6.16 Å². The third kappa shape index (κ3) is 8.10. The number of carbonyl (C=O) groups is 1. The van der Waals surface area contributed by atoms with Crippen molar-refractivity contribution in [2.24, 2.45) is 0 Å². The third-order valence-electron chi connectivity index (χ3n) is 8.97. The summed E-state index contributed by atoms with van der Waals surface area (Å²) in [6.07, 6.45) is 0.113. The molecule has 0 saturated heterocycles. The van der Waals surface area contributed by atoms with Crippen molar-refractivity contribution in [2.75, 3.05) is 12.8 Å². The summed E-state index contributed by atoms with van der Waals surface area (Å²) in [7, 11) is -5.29. The molecule has 5 aromatic rings. The van der Waals surface area contributed by atoms with Crippen molar-refractivity contribution in [3.8, 4) is 11.1 Å². The summed E-state index contributed by atoms with van der Waals surface area (Å²) in [6, 6.07) is 35.0. The molecule has 6 nitrogen and oxygen atoms in total. The molecule has 2 atom stereocenters. The summed E-state index contributed by atoms with van der Waals surface area (Å²) in [5.74, 6) is -1.30. The van der Waals surface area contributed by atoms with E-state index in [-0.39, 0.29) is 36.1 Å². The molecule has 256 valence electrons. The number of rotatable bonds is 15. The fraction of sp³-hybridized carbons (Fsp3) is 0.325. The van der Waals surface area contributed by atoms with E-state index in [0.717, 1.165) is 38.1 Å². The van der Waals surface area contributed by atoms with Crippen LogP contribution in [0.15, 0.2) is 109 Å². The van der Waals surface area contributed by atoms with E-state index in [4.69, 9.17) is 8.95 Å². The van der Waals surface area contributed by atoms with Crippen molar-refractivity contribution in [1.29, 1.82) is 0 Å². The second kappa shape index (κ2) is 15.7. The van der Waals surface area contributed by atoms with Gasteiger partial charge in [-0.3, -0.25) is 4.79 Å². The van der Waals surface area contributed by atoms with Crippen LogP contribution in [-0.2, 0) is 24.7 Å². The van der Waals surface area contributed by atoms with Crippen LogP contribution in [-0.4, -0.2) is 42.8 Å². The highest BCUT2D eigenvalue weighted by Crippen LogP contribution is 2.40. The summed E-state index contributed by atoms with van der Waals surface area (Å²) >= 11 is 0. The molecule has 1 aromatic heterocycles. The molecular weight excluding hydrogens is 653 g/mol. The molecule has 0 aliphatic carbocycles. The maximum absolute atomic E-state index is 13.9. The maximum atomic E-state index is 13.9. The molecule has 0 saturated carbocycles. The van der Waals surface area contributed by atoms with Gasteiger partial charge in [0.05, 0.1) is 6.42 Å². The van der Waals surface area contributed by atoms with Crippen molar-refractivity contribution in [3.05, 3.63) is 121 Å². The summed E-state index contributed by atoms with van der Waals surface area (Å²) in [4.78, 5) is 12.1. The molecule has 0 aliphatic heterocycles. The van der Waals surface area contributed by atoms with Gasteiger partial charge in [-0.25, -0.2) is 4.39 Å². The van der Waals surface area contributed by atoms with Crippen LogP contribution in [0.25, 0.3) is 22.0 Å². The van der Waals surface area contributed by atoms with E-state index in [0.29, 0.717) is 12.8 Å². The van der Waals surface area contributed by atoms with E-state index in [1.54, 1.807) is 0 Å². The van der Waals surface area contributed by atoms with E-state index in [2.05, 4.69) is 75.6 Å². The number of benzene rings is 4. The number of carboxylic acids is 1. The lowest BCUT2D eigenvalue weighted by molar-refractivity contribution is -0.138. The Labute approximate surface area is 290 Å². The molecular formula is C40H46FNO5PSi+. The molecule has 0 spiro atoms. The van der Waals surface area contributed by atoms with Gasteiger partial charge < -0.3 is 14.1 Å². The second-order valence-electron chi connectivity index (χ2n) is 13.8. The minimum absolute atomic E-state index is 0.0286. The smallest absolute Gasteiger partial charge is 0.481 e. The number of nitrogens with zero attached hydrogens (tertiary/aromatic N) is 1. The zero-order chi connectivity index (χ0) is 35.2. The van der Waals surface area contributed by atoms with Gasteiger partial charge in [0.15, 0.2) is 0 Å². The summed E-state index contributed by atoms with van der Waals surface area (Å²) in [5, 5.41) is 12.7. The molecule has 4 aromatic carbocycles. The van der Waals surface area contributed by atoms with Gasteiger partial charge in [-0.15, -0.1) is 4.52 Å². The predicted molar refractivity (Wildman–Crippen MR) is 199 cm³/mol. The molecule has 1 N–H and O–H groups in total. The minimum Gasteiger partial charge on any atom is -0.481 e. The highest BCUT2D eigenvalue weighted by atomic mass is 31.1. The fourth-order valence-corrected chi connectivity index (χ4v) is 12.8. The van der Waals surface area contributed by atoms with Crippen LogP contribution in [0.1, 0.15) is 59.2 Å². The van der Waals surface area contributed by atoms with E-state index in [9.17, 15) is 18.9 Å². The van der Waals surface area contributed by atoms with Crippen LogP contribution in [0.2, 0.25) is 5.04 Å². The van der Waals surface area contributed by atoms with Gasteiger partial charge in [0.25, 0.3) is 8.32 Å². The number of para-hydroxylation sites is 1. The average molecular weight is 699 g/mol. The van der Waals surface area contributed by atoms with Crippen LogP contribution >= 0.6 is 8.03 Å². The number of carboxylic acid groups (broad SMARTS) is 1. The molecule has 1 heterocycles. The van der Waals surface area contributed by atoms with Gasteiger partial charge in [-0.2, -0.15) is 0 Å². The maximum Gasteiger partial charge on any atom is 0.510 e. The Bertz CT molecular complexity index is 1830. The summed E-state index contributed by atoms with van der Waals surface area (Å²) in [6.45, 7) is 10.9. The largest absolute Gasteiger partial charge is 0.510 e. The first-order chi connectivity index (χ1) is 23.4. The topological polar surface area (TPSA) is 77.8 Å². The van der Waals surface area contributed by atoms with E-state index >= 15 is 0 Å². The van der Waals surface area contributed by atoms with Gasteiger partial charge in [-0.1, -0.05) is 112 Å². The first kappa shape index (κ1) is 36.3. The molecule has 49 heavy (non-hydrogen) atoms. The molecule has 0 bridgehead atoms. The van der Waals surface area contributed by atoms with Crippen molar-refractivity contribution in [3.63, 3.8) is 0 Å². The second-order valence-corrected chi connectivity index (χ2v) is 19.3. The zero-order valence-electron chi connectivity index (χ0n) is 28.9. The predicted octanol–water partition coefficient (Wildman–Crippen LogP) is 9.14. The molecule has 2 unspecified atom stereocenters. The number of aromatic nitrogens is 1. The lowest BCUT2D eigenvalue weighted by atomic mass is 10.00. The molecule has 5 rings (SSSR count). The number of hydrogen-bond donors (Lipinski definition) is 1. The van der Waals surface area contributed by atoms with Gasteiger partial charge in [0.1, 0.15) is 18.5 Å². The monoisotopic (exact) mass is 698 g/mol. The van der Waals surface area contributed by atoms with Crippen LogP contribution in [0.3, 0.4) is 0 Å². The quantitative estimate of drug-likeness (QED) is 0.0671. The van der Waals surface area contributed by atoms with Gasteiger partial charge >= 0.3 is 14.0 Å². The zero-order valence-corrected chi connectivity index (χ0v) is 30.8. The molecule has 0 aliphatic rings. The molecule has 0 radical (unpaired) electrons. The Morgan fingerprint density at radius 1 is 0.878 bits per heavy atom. The minimum atomic E-state index is -3.08. The first-order valence-corrected chi connectivity index (χ1v) is 20.2. The van der Waals surface area contributed by atoms with Crippen LogP contribution in [0.5, 0.6) is 0 Å². The van der Waals surface area contributed by atoms with Crippen LogP contribution in [0.4, 0.5) is 4.39 Å². The Morgan fingerprint density at radius 3 is 2.00 bits per heavy atom. The average Bonchev–Trinajstić information content (AvgIpc) is 3.40. The molecule has 0 amide bonds. The van der Waals surface area contributed by atoms with Crippen molar-refractivity contribution < 1.29 is 27.8 Å². The Kier molecular flexibility index (Phi) is 11.7. The normalized spacial score (nSPS) is 13.2. The number of aliphatic carboxylic acids is 1. The lowest BCUT2D eigenvalue weighted by Crippen LogP contribution is -2.68. The van der Waals surface area contributed by atoms with Crippen LogP contribution in [0, 0.1) is 5.82 Å². The van der Waals surface area contributed by atoms with Crippen LogP contribution < -0.4 is 10.4 Å². The number of halogens is 1. The van der Waals surface area contributed by atoms with E-state index in [1.807, 2.05) is 60.7 Å². The Morgan fingerprint density at radius 2 is 1.45 bits per heavy atom. The highest BCUT2D eigenvalue weighted by Gasteiger charge is 2.52. The van der Waals surface area contributed by atoms with Crippen molar-refractivity contribution >= 4 is 43.6 Å². The summed E-state index contributed by atoms with van der Waals surface area (Å²) in [5.41, 5.74) is 4.22. The molecule has 0 fully saturated rings. The molecule has 9 heteroatoms. The third-order valence-corrected chi connectivity index (χ3v) is 15.2. The van der Waals surface area contributed by atoms with Gasteiger partial charge in [-0.05, 0) is 70.4 Å². The fourth-order valence-electron chi connectivity index (χ4n) is 6.99. The van der Waals surface area contributed by atoms with Crippen molar-refractivity contribution in [1.82, 2.24) is 4.57 Å². The highest BCUT2D eigenvalue weighted by molar-refractivity contribution is 7.39. The Balaban J connectivity index is 1.36. The Hall–Kier alpha value is -3.94. The van der Waals surface area contributed by atoms with Crippen molar-refractivity contribution in [2.45, 2.75) is 71.1 Å². The first-order valence-electron chi connectivity index (χ1n) is 16.9. The van der Waals surface area contributed by atoms with Gasteiger partial charge in [0, 0.05) is 28.2 Å². The SMILES string of the molecule is CC(C)n1c(CCCO[P+](=O)CC(CC(=O)O)O[Si](c2ccccc2)(c2ccccc2)C(C)(C)C)c(-c2ccc(F)cc2)c2ccccc21. The standard InChI is InChI=1S/C40H45FNO5PSi/c1-29(2)42-36-20-13-12-19-35(36)39(30-22-24-31(41)25-23-30)37(42)21-14-26-46-48(45)28-32(27-38(43)44)47-49(40(3,4)5,33-15-8-6-9-16-33)34-17-10-7-11-18-34/h6-13,15-20,22-25,29,32H,14,21,26-28H2,1-5H3/p+1. The number of fused-ring (bicyclic) bond motifs is 1. The summed E-state index contributed by atoms with van der Waals surface area (Å²) < 4.78 is 42.7. The van der Waals surface area contributed by atoms with E-state index in [1.165, 1.54) is 12.1 Å². The van der Waals surface area contributed by atoms with E-state index < -0.39 is 28.4 Å². The lowest BCUT2D eigenvalue weighted by Gasteiger charge is -2.44. The number of hydrogen-bond acceptors (Lipinski definition) is 4.